The van der Waals surface area contributed by atoms with Crippen molar-refractivity contribution in [3.63, 3.8) is 0 Å². The summed E-state index contributed by atoms with van der Waals surface area (Å²) >= 11 is 1.43. The second kappa shape index (κ2) is 5.36. The fourth-order valence-corrected chi connectivity index (χ4v) is 3.47. The molecule has 106 valence electrons. The van der Waals surface area contributed by atoms with E-state index in [1.165, 1.54) is 22.6 Å². The first-order chi connectivity index (χ1) is 9.74. The van der Waals surface area contributed by atoms with E-state index in [1.54, 1.807) is 0 Å². The number of fused-ring (bicyclic) bond motifs is 1. The van der Waals surface area contributed by atoms with Gasteiger partial charge in [-0.1, -0.05) is 18.3 Å². The standard InChI is InChI=1S/C14H18N4OS/c1-3-7-18-11-6-4-5-9(11)8-10(13(18)19)12-16-17-14(15-2)20-12/h8H,3-7H2,1-2H3,(H,15,17). The number of rotatable bonds is 4. The predicted molar refractivity (Wildman–Crippen MR) is 81.5 cm³/mol. The van der Waals surface area contributed by atoms with Gasteiger partial charge < -0.3 is 9.88 Å². The summed E-state index contributed by atoms with van der Waals surface area (Å²) in [5.41, 5.74) is 3.29. The van der Waals surface area contributed by atoms with Crippen molar-refractivity contribution in [1.82, 2.24) is 14.8 Å². The highest BCUT2D eigenvalue weighted by Gasteiger charge is 2.21. The van der Waals surface area contributed by atoms with Crippen LogP contribution in [0.1, 0.15) is 31.0 Å². The van der Waals surface area contributed by atoms with E-state index in [9.17, 15) is 4.79 Å². The van der Waals surface area contributed by atoms with Gasteiger partial charge in [0, 0.05) is 19.3 Å². The Morgan fingerprint density at radius 3 is 2.95 bits per heavy atom. The summed E-state index contributed by atoms with van der Waals surface area (Å²) in [5, 5.41) is 12.6. The second-order valence-corrected chi connectivity index (χ2v) is 5.98. The van der Waals surface area contributed by atoms with Crippen LogP contribution >= 0.6 is 11.3 Å². The molecule has 1 aliphatic rings. The number of aromatic nitrogens is 3. The molecule has 0 spiro atoms. The lowest BCUT2D eigenvalue weighted by molar-refractivity contribution is 0.625. The normalized spacial score (nSPS) is 13.5. The molecule has 0 amide bonds. The van der Waals surface area contributed by atoms with Crippen LogP contribution in [0.25, 0.3) is 10.6 Å². The maximum absolute atomic E-state index is 12.7. The van der Waals surface area contributed by atoms with Gasteiger partial charge in [-0.15, -0.1) is 10.2 Å². The molecular weight excluding hydrogens is 272 g/mol. The van der Waals surface area contributed by atoms with E-state index in [0.717, 1.165) is 37.4 Å². The van der Waals surface area contributed by atoms with Gasteiger partial charge in [-0.25, -0.2) is 0 Å². The zero-order chi connectivity index (χ0) is 14.1. The average Bonchev–Trinajstić information content (AvgIpc) is 3.09. The first kappa shape index (κ1) is 13.3. The van der Waals surface area contributed by atoms with Crippen molar-refractivity contribution in [1.29, 1.82) is 0 Å². The average molecular weight is 290 g/mol. The van der Waals surface area contributed by atoms with Gasteiger partial charge in [0.15, 0.2) is 5.01 Å². The summed E-state index contributed by atoms with van der Waals surface area (Å²) in [6, 6.07) is 2.02. The van der Waals surface area contributed by atoms with Gasteiger partial charge in [-0.3, -0.25) is 4.79 Å². The molecule has 0 saturated carbocycles. The second-order valence-electron chi connectivity index (χ2n) is 5.00. The van der Waals surface area contributed by atoms with Crippen molar-refractivity contribution < 1.29 is 0 Å². The first-order valence-corrected chi connectivity index (χ1v) is 7.83. The van der Waals surface area contributed by atoms with E-state index in [4.69, 9.17) is 0 Å². The Labute approximate surface area is 121 Å². The molecule has 0 saturated heterocycles. The van der Waals surface area contributed by atoms with Crippen LogP contribution in [-0.2, 0) is 19.4 Å². The summed E-state index contributed by atoms with van der Waals surface area (Å²) in [5.74, 6) is 0. The summed E-state index contributed by atoms with van der Waals surface area (Å²) in [6.45, 7) is 2.89. The molecule has 2 aromatic heterocycles. The molecule has 0 atom stereocenters. The van der Waals surface area contributed by atoms with Crippen molar-refractivity contribution in [3.8, 4) is 10.6 Å². The molecule has 1 N–H and O–H groups in total. The predicted octanol–water partition coefficient (Wildman–Crippen LogP) is 2.31. The lowest BCUT2D eigenvalue weighted by Crippen LogP contribution is -2.25. The highest BCUT2D eigenvalue weighted by molar-refractivity contribution is 7.18. The molecule has 0 bridgehead atoms. The Morgan fingerprint density at radius 2 is 2.25 bits per heavy atom. The summed E-state index contributed by atoms with van der Waals surface area (Å²) in [7, 11) is 1.81. The van der Waals surface area contributed by atoms with Crippen LogP contribution in [0.2, 0.25) is 0 Å². The van der Waals surface area contributed by atoms with Crippen LogP contribution in [0.3, 0.4) is 0 Å². The maximum Gasteiger partial charge on any atom is 0.261 e. The number of aryl methyl sites for hydroxylation is 1. The molecule has 0 unspecified atom stereocenters. The molecule has 0 fully saturated rings. The molecule has 3 rings (SSSR count). The fraction of sp³-hybridized carbons (Fsp3) is 0.500. The zero-order valence-electron chi connectivity index (χ0n) is 11.8. The molecule has 2 heterocycles. The van der Waals surface area contributed by atoms with Gasteiger partial charge >= 0.3 is 0 Å². The van der Waals surface area contributed by atoms with E-state index in [-0.39, 0.29) is 5.56 Å². The largest absolute Gasteiger partial charge is 0.363 e. The topological polar surface area (TPSA) is 59.8 Å². The maximum atomic E-state index is 12.7. The fourth-order valence-electron chi connectivity index (χ4n) is 2.77. The Balaban J connectivity index is 2.16. The number of anilines is 1. The monoisotopic (exact) mass is 290 g/mol. The molecular formula is C14H18N4OS. The molecule has 6 heteroatoms. The lowest BCUT2D eigenvalue weighted by atomic mass is 10.1. The Bertz CT molecular complexity index is 689. The minimum absolute atomic E-state index is 0.0753. The number of nitrogens with zero attached hydrogens (tertiary/aromatic N) is 3. The minimum atomic E-state index is 0.0753. The van der Waals surface area contributed by atoms with Gasteiger partial charge in [-0.2, -0.15) is 0 Å². The summed E-state index contributed by atoms with van der Waals surface area (Å²) in [6.07, 6.45) is 4.18. The highest BCUT2D eigenvalue weighted by atomic mass is 32.1. The van der Waals surface area contributed by atoms with E-state index >= 15 is 0 Å². The SMILES string of the molecule is CCCn1c2c(cc(-c3nnc(NC)s3)c1=O)CCC2. The minimum Gasteiger partial charge on any atom is -0.363 e. The van der Waals surface area contributed by atoms with Crippen LogP contribution < -0.4 is 10.9 Å². The molecule has 1 aliphatic carbocycles. The Hall–Kier alpha value is -1.69. The molecule has 2 aromatic rings. The van der Waals surface area contributed by atoms with E-state index in [2.05, 4.69) is 22.4 Å². The van der Waals surface area contributed by atoms with Crippen LogP contribution in [0.5, 0.6) is 0 Å². The third-order valence-corrected chi connectivity index (χ3v) is 4.64. The van der Waals surface area contributed by atoms with Gasteiger partial charge in [0.25, 0.3) is 5.56 Å². The van der Waals surface area contributed by atoms with Gasteiger partial charge in [-0.05, 0) is 37.3 Å². The lowest BCUT2D eigenvalue weighted by Gasteiger charge is -2.12. The Morgan fingerprint density at radius 1 is 1.40 bits per heavy atom. The van der Waals surface area contributed by atoms with E-state index in [0.29, 0.717) is 10.6 Å². The Kier molecular flexibility index (Phi) is 3.56. The van der Waals surface area contributed by atoms with Crippen LogP contribution in [0.15, 0.2) is 10.9 Å². The van der Waals surface area contributed by atoms with Crippen molar-refractivity contribution in [2.75, 3.05) is 12.4 Å². The third kappa shape index (κ3) is 2.14. The van der Waals surface area contributed by atoms with Gasteiger partial charge in [0.1, 0.15) is 0 Å². The molecule has 20 heavy (non-hydrogen) atoms. The molecule has 5 nitrogen and oxygen atoms in total. The van der Waals surface area contributed by atoms with Gasteiger partial charge in [0.05, 0.1) is 5.56 Å². The molecule has 0 aromatic carbocycles. The van der Waals surface area contributed by atoms with Crippen molar-refractivity contribution >= 4 is 16.5 Å². The van der Waals surface area contributed by atoms with Crippen LogP contribution in [0, 0.1) is 0 Å². The zero-order valence-corrected chi connectivity index (χ0v) is 12.6. The van der Waals surface area contributed by atoms with Gasteiger partial charge in [0.2, 0.25) is 5.13 Å². The van der Waals surface area contributed by atoms with E-state index in [1.807, 2.05) is 17.7 Å². The van der Waals surface area contributed by atoms with Crippen LogP contribution in [-0.4, -0.2) is 21.8 Å². The summed E-state index contributed by atoms with van der Waals surface area (Å²) in [4.78, 5) is 12.7. The molecule has 0 aliphatic heterocycles. The first-order valence-electron chi connectivity index (χ1n) is 7.01. The summed E-state index contributed by atoms with van der Waals surface area (Å²) < 4.78 is 1.94. The van der Waals surface area contributed by atoms with E-state index < -0.39 is 0 Å². The number of hydrogen-bond donors (Lipinski definition) is 1. The van der Waals surface area contributed by atoms with Crippen molar-refractivity contribution in [2.24, 2.45) is 0 Å². The number of nitrogens with one attached hydrogen (secondary N) is 1. The smallest absolute Gasteiger partial charge is 0.261 e. The number of pyridine rings is 1. The third-order valence-electron chi connectivity index (χ3n) is 3.67. The highest BCUT2D eigenvalue weighted by Crippen LogP contribution is 2.28. The van der Waals surface area contributed by atoms with Crippen LogP contribution in [0.4, 0.5) is 5.13 Å². The quantitative estimate of drug-likeness (QED) is 0.938. The van der Waals surface area contributed by atoms with Crippen molar-refractivity contribution in [2.45, 2.75) is 39.2 Å². The van der Waals surface area contributed by atoms with Crippen molar-refractivity contribution in [3.05, 3.63) is 27.7 Å². The molecule has 0 radical (unpaired) electrons. The number of hydrogen-bond acceptors (Lipinski definition) is 5.